The number of likely N-dealkylation sites (N-methyl/N-ethyl adjacent to an activating group) is 1. The van der Waals surface area contributed by atoms with Crippen molar-refractivity contribution in [3.8, 4) is 0 Å². The number of hydrogen-bond donors (Lipinski definition) is 1. The van der Waals surface area contributed by atoms with Crippen LogP contribution in [0.5, 0.6) is 0 Å². The molecule has 1 atom stereocenters. The lowest BCUT2D eigenvalue weighted by atomic mass is 10.0. The molecule has 2 aliphatic heterocycles. The monoisotopic (exact) mass is 254 g/mol. The first kappa shape index (κ1) is 14.3. The molecule has 2 rings (SSSR count). The van der Waals surface area contributed by atoms with E-state index in [0.29, 0.717) is 6.04 Å². The van der Waals surface area contributed by atoms with Crippen LogP contribution in [0.4, 0.5) is 0 Å². The molecule has 0 aliphatic carbocycles. The molecule has 0 bridgehead atoms. The molecule has 0 saturated carbocycles. The van der Waals surface area contributed by atoms with E-state index in [-0.39, 0.29) is 0 Å². The van der Waals surface area contributed by atoms with E-state index in [1.165, 1.54) is 65.0 Å². The van der Waals surface area contributed by atoms with Gasteiger partial charge in [0.25, 0.3) is 0 Å². The van der Waals surface area contributed by atoms with Gasteiger partial charge in [-0.25, -0.2) is 0 Å². The maximum Gasteiger partial charge on any atom is 0.0217 e. The van der Waals surface area contributed by atoms with Gasteiger partial charge in [-0.05, 0) is 59.4 Å². The van der Waals surface area contributed by atoms with Gasteiger partial charge in [-0.1, -0.05) is 0 Å². The van der Waals surface area contributed by atoms with Gasteiger partial charge in [0.15, 0.2) is 0 Å². The van der Waals surface area contributed by atoms with E-state index < -0.39 is 0 Å². The second-order valence-electron chi connectivity index (χ2n) is 6.24. The summed E-state index contributed by atoms with van der Waals surface area (Å²) in [7, 11) is 4.42. The molecular weight excluding hydrogens is 224 g/mol. The van der Waals surface area contributed by atoms with E-state index in [4.69, 9.17) is 5.73 Å². The Balaban J connectivity index is 1.67. The summed E-state index contributed by atoms with van der Waals surface area (Å²) >= 11 is 0. The van der Waals surface area contributed by atoms with E-state index in [0.717, 1.165) is 6.04 Å². The summed E-state index contributed by atoms with van der Waals surface area (Å²) in [6, 6.07) is 1.21. The van der Waals surface area contributed by atoms with Gasteiger partial charge < -0.3 is 20.4 Å². The van der Waals surface area contributed by atoms with Gasteiger partial charge in [0.05, 0.1) is 0 Å². The van der Waals surface area contributed by atoms with Crippen LogP contribution in [0.2, 0.25) is 0 Å². The van der Waals surface area contributed by atoms with E-state index in [1.54, 1.807) is 0 Å². The molecule has 0 spiro atoms. The van der Waals surface area contributed by atoms with Crippen molar-refractivity contribution in [3.63, 3.8) is 0 Å². The van der Waals surface area contributed by atoms with Crippen LogP contribution in [-0.4, -0.2) is 80.1 Å². The molecule has 2 fully saturated rings. The summed E-state index contributed by atoms with van der Waals surface area (Å²) in [4.78, 5) is 7.61. The molecule has 2 aliphatic rings. The zero-order valence-electron chi connectivity index (χ0n) is 12.1. The van der Waals surface area contributed by atoms with Gasteiger partial charge in [-0.15, -0.1) is 0 Å². The fourth-order valence-electron chi connectivity index (χ4n) is 3.12. The minimum absolute atomic E-state index is 0.453. The minimum Gasteiger partial charge on any atom is -0.328 e. The fraction of sp³-hybridized carbons (Fsp3) is 1.00. The average molecular weight is 254 g/mol. The van der Waals surface area contributed by atoms with Gasteiger partial charge in [0, 0.05) is 31.7 Å². The maximum atomic E-state index is 5.94. The lowest BCUT2D eigenvalue weighted by molar-refractivity contribution is 0.112. The Morgan fingerprint density at radius 3 is 2.33 bits per heavy atom. The van der Waals surface area contributed by atoms with E-state index in [2.05, 4.69) is 28.8 Å². The molecule has 2 saturated heterocycles. The first-order valence-corrected chi connectivity index (χ1v) is 7.52. The van der Waals surface area contributed by atoms with Crippen LogP contribution < -0.4 is 5.73 Å². The molecule has 4 heteroatoms. The van der Waals surface area contributed by atoms with E-state index in [9.17, 15) is 0 Å². The van der Waals surface area contributed by atoms with Gasteiger partial charge in [0.1, 0.15) is 0 Å². The number of rotatable bonds is 4. The van der Waals surface area contributed by atoms with Crippen LogP contribution >= 0.6 is 0 Å². The van der Waals surface area contributed by atoms with Gasteiger partial charge >= 0.3 is 0 Å². The summed E-state index contributed by atoms with van der Waals surface area (Å²) in [6.45, 7) is 7.41. The van der Waals surface area contributed by atoms with Crippen molar-refractivity contribution in [2.24, 2.45) is 5.73 Å². The Labute approximate surface area is 112 Å². The number of nitrogens with two attached hydrogens (primary N) is 1. The number of piperidine rings is 2. The average Bonchev–Trinajstić information content (AvgIpc) is 2.38. The largest absolute Gasteiger partial charge is 0.328 e. The second-order valence-corrected chi connectivity index (χ2v) is 6.24. The van der Waals surface area contributed by atoms with Crippen LogP contribution in [0.1, 0.15) is 25.7 Å². The SMILES string of the molecule is CN(C)C1CCCN(CCN2CCC(N)CC2)C1. The summed E-state index contributed by atoms with van der Waals surface area (Å²) in [6.07, 6.45) is 5.08. The first-order valence-electron chi connectivity index (χ1n) is 7.52. The molecule has 0 aromatic heterocycles. The number of likely N-dealkylation sites (tertiary alicyclic amines) is 2. The quantitative estimate of drug-likeness (QED) is 0.789. The summed E-state index contributed by atoms with van der Waals surface area (Å²) in [5.74, 6) is 0. The Hall–Kier alpha value is -0.160. The molecule has 2 heterocycles. The third kappa shape index (κ3) is 4.19. The number of nitrogens with zero attached hydrogens (tertiary/aromatic N) is 3. The summed E-state index contributed by atoms with van der Waals surface area (Å²) in [5, 5.41) is 0. The molecule has 0 aromatic carbocycles. The second kappa shape index (κ2) is 6.85. The highest BCUT2D eigenvalue weighted by Crippen LogP contribution is 2.14. The minimum atomic E-state index is 0.453. The highest BCUT2D eigenvalue weighted by Gasteiger charge is 2.22. The Kier molecular flexibility index (Phi) is 5.42. The van der Waals surface area contributed by atoms with Crippen molar-refractivity contribution in [1.82, 2.24) is 14.7 Å². The predicted octanol–water partition coefficient (Wildman–Crippen LogP) is 0.436. The smallest absolute Gasteiger partial charge is 0.0217 e. The molecule has 1 unspecified atom stereocenters. The Bertz CT molecular complexity index is 236. The lowest BCUT2D eigenvalue weighted by Crippen LogP contribution is -2.48. The zero-order chi connectivity index (χ0) is 13.0. The van der Waals surface area contributed by atoms with Crippen molar-refractivity contribution in [3.05, 3.63) is 0 Å². The standard InChI is InChI=1S/C14H30N4/c1-16(2)14-4-3-7-18(12-14)11-10-17-8-5-13(15)6-9-17/h13-14H,3-12,15H2,1-2H3. The van der Waals surface area contributed by atoms with Gasteiger partial charge in [-0.3, -0.25) is 0 Å². The van der Waals surface area contributed by atoms with Crippen molar-refractivity contribution in [2.45, 2.75) is 37.8 Å². The Morgan fingerprint density at radius 2 is 1.67 bits per heavy atom. The third-order valence-corrected chi connectivity index (χ3v) is 4.58. The first-order chi connectivity index (χ1) is 8.65. The van der Waals surface area contributed by atoms with Gasteiger partial charge in [0.2, 0.25) is 0 Å². The van der Waals surface area contributed by atoms with Crippen molar-refractivity contribution in [1.29, 1.82) is 0 Å². The Morgan fingerprint density at radius 1 is 1.00 bits per heavy atom. The van der Waals surface area contributed by atoms with Crippen LogP contribution in [0, 0.1) is 0 Å². The molecule has 0 amide bonds. The predicted molar refractivity (Wildman–Crippen MR) is 76.8 cm³/mol. The fourth-order valence-corrected chi connectivity index (χ4v) is 3.12. The molecule has 106 valence electrons. The molecule has 0 radical (unpaired) electrons. The number of hydrogen-bond acceptors (Lipinski definition) is 4. The normalized spacial score (nSPS) is 29.0. The highest BCUT2D eigenvalue weighted by molar-refractivity contribution is 4.80. The van der Waals surface area contributed by atoms with Crippen LogP contribution in [0.3, 0.4) is 0 Å². The zero-order valence-corrected chi connectivity index (χ0v) is 12.1. The summed E-state index contributed by atoms with van der Waals surface area (Å²) < 4.78 is 0. The van der Waals surface area contributed by atoms with E-state index in [1.807, 2.05) is 0 Å². The van der Waals surface area contributed by atoms with Crippen molar-refractivity contribution >= 4 is 0 Å². The lowest BCUT2D eigenvalue weighted by Gasteiger charge is -2.38. The van der Waals surface area contributed by atoms with Crippen molar-refractivity contribution in [2.75, 3.05) is 53.4 Å². The molecule has 2 N–H and O–H groups in total. The molecule has 0 aromatic rings. The topological polar surface area (TPSA) is 35.7 Å². The van der Waals surface area contributed by atoms with Crippen molar-refractivity contribution < 1.29 is 0 Å². The molecular formula is C14H30N4. The molecule has 4 nitrogen and oxygen atoms in total. The van der Waals surface area contributed by atoms with Gasteiger partial charge in [-0.2, -0.15) is 0 Å². The summed E-state index contributed by atoms with van der Waals surface area (Å²) in [5.41, 5.74) is 5.94. The molecule has 18 heavy (non-hydrogen) atoms. The highest BCUT2D eigenvalue weighted by atomic mass is 15.2. The maximum absolute atomic E-state index is 5.94. The van der Waals surface area contributed by atoms with Crippen LogP contribution in [-0.2, 0) is 0 Å². The van der Waals surface area contributed by atoms with Crippen LogP contribution in [0.25, 0.3) is 0 Å². The van der Waals surface area contributed by atoms with E-state index >= 15 is 0 Å². The third-order valence-electron chi connectivity index (χ3n) is 4.58. The van der Waals surface area contributed by atoms with Crippen LogP contribution in [0.15, 0.2) is 0 Å².